The van der Waals surface area contributed by atoms with Crippen LogP contribution in [-0.4, -0.2) is 43.9 Å². The number of thiazole rings is 1. The minimum atomic E-state index is -4.02. The monoisotopic (exact) mass is 466 g/mol. The second-order valence-corrected chi connectivity index (χ2v) is 10.5. The summed E-state index contributed by atoms with van der Waals surface area (Å²) < 4.78 is 34.0. The van der Waals surface area contributed by atoms with Crippen molar-refractivity contribution in [2.75, 3.05) is 13.4 Å². The van der Waals surface area contributed by atoms with Gasteiger partial charge in [-0.3, -0.25) is 4.79 Å². The Morgan fingerprint density at radius 1 is 1.23 bits per heavy atom. The summed E-state index contributed by atoms with van der Waals surface area (Å²) in [7, 11) is -2.42. The molecule has 3 rings (SSSR count). The van der Waals surface area contributed by atoms with Gasteiger partial charge in [-0.25, -0.2) is 13.4 Å². The Bertz CT molecular complexity index is 1170. The van der Waals surface area contributed by atoms with Crippen LogP contribution in [0.2, 0.25) is 0 Å². The van der Waals surface area contributed by atoms with Crippen LogP contribution in [0, 0.1) is 5.92 Å². The molecule has 0 spiro atoms. The minimum absolute atomic E-state index is 0.0242. The summed E-state index contributed by atoms with van der Waals surface area (Å²) >= 11 is 2.77. The molecule has 0 aliphatic heterocycles. The van der Waals surface area contributed by atoms with Gasteiger partial charge in [0.1, 0.15) is 16.8 Å². The number of nitrogens with one attached hydrogen (secondary N) is 1. The average molecular weight is 467 g/mol. The van der Waals surface area contributed by atoms with E-state index in [9.17, 15) is 18.3 Å². The fourth-order valence-corrected chi connectivity index (χ4v) is 6.08. The summed E-state index contributed by atoms with van der Waals surface area (Å²) in [5.41, 5.74) is 1.62. The Morgan fingerprint density at radius 3 is 2.43 bits per heavy atom. The summed E-state index contributed by atoms with van der Waals surface area (Å²) in [4.78, 5) is 16.9. The lowest BCUT2D eigenvalue weighted by atomic mass is 10.1. The van der Waals surface area contributed by atoms with Crippen LogP contribution in [0.5, 0.6) is 5.75 Å². The molecule has 3 aromatic rings. The number of aromatic nitrogens is 1. The number of benzene rings is 2. The number of hydrogen-bond acceptors (Lipinski definition) is 7. The molecule has 0 saturated carbocycles. The maximum Gasteiger partial charge on any atom is 0.322 e. The fourth-order valence-electron chi connectivity index (χ4n) is 2.85. The molecule has 10 heteroatoms. The Balaban J connectivity index is 2.05. The van der Waals surface area contributed by atoms with E-state index in [1.165, 1.54) is 29.2 Å². The predicted molar refractivity (Wildman–Crippen MR) is 120 cm³/mol. The molecule has 1 heterocycles. The highest BCUT2D eigenvalue weighted by Gasteiger charge is 2.29. The Kier molecular flexibility index (Phi) is 6.71. The number of carbonyl (C=O) groups is 1. The number of sulfonamides is 1. The highest BCUT2D eigenvalue weighted by molar-refractivity contribution is 7.98. The van der Waals surface area contributed by atoms with E-state index >= 15 is 0 Å². The first-order chi connectivity index (χ1) is 14.2. The first kappa shape index (κ1) is 22.5. The molecule has 7 nitrogen and oxygen atoms in total. The summed E-state index contributed by atoms with van der Waals surface area (Å²) in [5.74, 6) is -0.868. The van der Waals surface area contributed by atoms with E-state index < -0.39 is 28.0 Å². The smallest absolute Gasteiger partial charge is 0.322 e. The van der Waals surface area contributed by atoms with Crippen molar-refractivity contribution >= 4 is 49.3 Å². The second kappa shape index (κ2) is 8.93. The SMILES string of the molecule is COc1ccc(-c2nc3c(SC)cc(S(=O)(=O)N[C@@H](C(=O)O)C(C)C)cc3s2)cc1. The van der Waals surface area contributed by atoms with Gasteiger partial charge in [0.05, 0.1) is 22.2 Å². The van der Waals surface area contributed by atoms with Crippen LogP contribution in [0.15, 0.2) is 46.2 Å². The van der Waals surface area contributed by atoms with Crippen LogP contribution in [0.1, 0.15) is 13.8 Å². The number of rotatable bonds is 8. The molecule has 160 valence electrons. The van der Waals surface area contributed by atoms with Crippen LogP contribution < -0.4 is 9.46 Å². The molecule has 30 heavy (non-hydrogen) atoms. The van der Waals surface area contributed by atoms with Gasteiger partial charge in [-0.15, -0.1) is 23.1 Å². The topological polar surface area (TPSA) is 106 Å². The molecule has 0 amide bonds. The van der Waals surface area contributed by atoms with Crippen LogP contribution in [0.3, 0.4) is 0 Å². The van der Waals surface area contributed by atoms with Crippen LogP contribution in [0.25, 0.3) is 20.8 Å². The van der Waals surface area contributed by atoms with Gasteiger partial charge in [0.25, 0.3) is 0 Å². The number of carboxylic acid groups (broad SMARTS) is 1. The summed E-state index contributed by atoms with van der Waals surface area (Å²) in [5, 5.41) is 10.1. The van der Waals surface area contributed by atoms with Crippen molar-refractivity contribution in [1.29, 1.82) is 0 Å². The van der Waals surface area contributed by atoms with E-state index in [2.05, 4.69) is 4.72 Å². The average Bonchev–Trinajstić information content (AvgIpc) is 3.15. The lowest BCUT2D eigenvalue weighted by Gasteiger charge is -2.18. The number of hydrogen-bond donors (Lipinski definition) is 2. The number of nitrogens with zero attached hydrogens (tertiary/aromatic N) is 1. The molecule has 0 unspecified atom stereocenters. The van der Waals surface area contributed by atoms with Gasteiger partial charge >= 0.3 is 5.97 Å². The minimum Gasteiger partial charge on any atom is -0.497 e. The summed E-state index contributed by atoms with van der Waals surface area (Å²) in [6.07, 6.45) is 1.85. The lowest BCUT2D eigenvalue weighted by Crippen LogP contribution is -2.44. The Morgan fingerprint density at radius 2 is 1.90 bits per heavy atom. The van der Waals surface area contributed by atoms with E-state index in [1.807, 2.05) is 30.5 Å². The highest BCUT2D eigenvalue weighted by Crippen LogP contribution is 2.37. The number of methoxy groups -OCH3 is 1. The summed E-state index contributed by atoms with van der Waals surface area (Å²) in [6, 6.07) is 9.35. The molecule has 1 atom stereocenters. The molecule has 0 saturated heterocycles. The predicted octanol–water partition coefficient (Wildman–Crippen LogP) is 4.08. The fraction of sp³-hybridized carbons (Fsp3) is 0.300. The molecule has 0 radical (unpaired) electrons. The quantitative estimate of drug-likeness (QED) is 0.482. The van der Waals surface area contributed by atoms with E-state index in [1.54, 1.807) is 27.0 Å². The van der Waals surface area contributed by atoms with Crippen molar-refractivity contribution in [2.45, 2.75) is 29.7 Å². The molecular weight excluding hydrogens is 444 g/mol. The third-order valence-corrected chi connectivity index (χ3v) is 7.74. The van der Waals surface area contributed by atoms with Gasteiger partial charge in [0.2, 0.25) is 10.0 Å². The molecule has 0 fully saturated rings. The zero-order valence-electron chi connectivity index (χ0n) is 16.9. The zero-order valence-corrected chi connectivity index (χ0v) is 19.3. The van der Waals surface area contributed by atoms with Gasteiger partial charge in [-0.2, -0.15) is 4.72 Å². The third-order valence-electron chi connectivity index (χ3n) is 4.52. The molecule has 0 bridgehead atoms. The first-order valence-corrected chi connectivity index (χ1v) is 12.6. The van der Waals surface area contributed by atoms with Gasteiger partial charge in [0, 0.05) is 10.5 Å². The van der Waals surface area contributed by atoms with Gasteiger partial charge in [-0.1, -0.05) is 13.8 Å². The van der Waals surface area contributed by atoms with E-state index in [-0.39, 0.29) is 4.90 Å². The Hall–Kier alpha value is -2.14. The first-order valence-electron chi connectivity index (χ1n) is 9.04. The van der Waals surface area contributed by atoms with Crippen LogP contribution in [0.4, 0.5) is 0 Å². The maximum atomic E-state index is 12.9. The number of carboxylic acids is 1. The van der Waals surface area contributed by atoms with Crippen molar-refractivity contribution in [1.82, 2.24) is 9.71 Å². The molecule has 2 aromatic carbocycles. The molecule has 2 N–H and O–H groups in total. The van der Waals surface area contributed by atoms with E-state index in [4.69, 9.17) is 9.72 Å². The van der Waals surface area contributed by atoms with Crippen molar-refractivity contribution in [2.24, 2.45) is 5.92 Å². The number of ether oxygens (including phenoxy) is 1. The van der Waals surface area contributed by atoms with Crippen molar-refractivity contribution in [3.8, 4) is 16.3 Å². The Labute approximate surface area is 183 Å². The van der Waals surface area contributed by atoms with Gasteiger partial charge < -0.3 is 9.84 Å². The molecule has 0 aliphatic rings. The standard InChI is InChI=1S/C20H22N2O5S3/c1-11(2)17(20(23)24)22-30(25,26)14-9-15(28-4)18-16(10-14)29-19(21-18)12-5-7-13(27-3)8-6-12/h5-11,17,22H,1-4H3,(H,23,24)/t17-/m1/s1. The van der Waals surface area contributed by atoms with E-state index in [0.29, 0.717) is 9.60 Å². The summed E-state index contributed by atoms with van der Waals surface area (Å²) in [6.45, 7) is 3.31. The zero-order chi connectivity index (χ0) is 22.1. The number of aliphatic carboxylic acids is 1. The van der Waals surface area contributed by atoms with Gasteiger partial charge in [-0.05, 0) is 48.6 Å². The van der Waals surface area contributed by atoms with Crippen molar-refractivity contribution in [3.63, 3.8) is 0 Å². The van der Waals surface area contributed by atoms with Crippen molar-refractivity contribution < 1.29 is 23.1 Å². The normalized spacial score (nSPS) is 13.0. The third kappa shape index (κ3) is 4.61. The van der Waals surface area contributed by atoms with Crippen LogP contribution >= 0.6 is 23.1 Å². The largest absolute Gasteiger partial charge is 0.497 e. The number of fused-ring (bicyclic) bond motifs is 1. The molecular formula is C20H22N2O5S3. The maximum absolute atomic E-state index is 12.9. The molecule has 1 aromatic heterocycles. The lowest BCUT2D eigenvalue weighted by molar-refractivity contribution is -0.140. The van der Waals surface area contributed by atoms with E-state index in [0.717, 1.165) is 21.8 Å². The second-order valence-electron chi connectivity index (χ2n) is 6.90. The highest BCUT2D eigenvalue weighted by atomic mass is 32.2. The number of thioether (sulfide) groups is 1. The van der Waals surface area contributed by atoms with Crippen LogP contribution in [-0.2, 0) is 14.8 Å². The van der Waals surface area contributed by atoms with Crippen molar-refractivity contribution in [3.05, 3.63) is 36.4 Å². The van der Waals surface area contributed by atoms with Gasteiger partial charge in [0.15, 0.2) is 0 Å². The molecule has 0 aliphatic carbocycles.